The molecule has 0 atom stereocenters. The monoisotopic (exact) mass is 514 g/mol. The lowest BCUT2D eigenvalue weighted by Gasteiger charge is -2.20. The molecule has 1 N–H and O–H groups in total. The molecule has 0 aliphatic carbocycles. The minimum absolute atomic E-state index is 0.457. The van der Waals surface area contributed by atoms with Crippen molar-refractivity contribution in [3.05, 3.63) is 108 Å². The molecule has 0 radical (unpaired) electrons. The van der Waals surface area contributed by atoms with Gasteiger partial charge in [-0.05, 0) is 70.5 Å². The second-order valence-corrected chi connectivity index (χ2v) is 8.22. The number of para-hydroxylation sites is 2. The van der Waals surface area contributed by atoms with Crippen molar-refractivity contribution in [2.24, 2.45) is 0 Å². The highest BCUT2D eigenvalue weighted by Gasteiger charge is 2.23. The molecule has 0 spiro atoms. The number of hydrogen-bond donors (Lipinski definition) is 1. The standard InChI is InChI=1S/C27H19BrN2O4/c28-22-14-8-7-13-21(22)26-30-23-17-18(15-16-24(23)34-26)29-25(31)27(32-19-9-3-1-4-10-19)33-20-11-5-2-6-12-20/h1-17,27H,(H,29,31). The minimum Gasteiger partial charge on any atom is -0.446 e. The summed E-state index contributed by atoms with van der Waals surface area (Å²) in [4.78, 5) is 17.7. The Hall–Kier alpha value is -4.10. The summed E-state index contributed by atoms with van der Waals surface area (Å²) in [5, 5.41) is 2.86. The predicted molar refractivity (Wildman–Crippen MR) is 134 cm³/mol. The number of anilines is 1. The van der Waals surface area contributed by atoms with Gasteiger partial charge in [0.2, 0.25) is 5.89 Å². The Balaban J connectivity index is 1.38. The molecule has 168 valence electrons. The number of nitrogens with one attached hydrogen (secondary N) is 1. The van der Waals surface area contributed by atoms with Crippen LogP contribution in [0.25, 0.3) is 22.6 Å². The van der Waals surface area contributed by atoms with Crippen LogP contribution in [0, 0.1) is 0 Å². The van der Waals surface area contributed by atoms with Crippen molar-refractivity contribution in [1.29, 1.82) is 0 Å². The molecule has 0 aliphatic rings. The number of fused-ring (bicyclic) bond motifs is 1. The van der Waals surface area contributed by atoms with Gasteiger partial charge in [-0.2, -0.15) is 0 Å². The van der Waals surface area contributed by atoms with Crippen molar-refractivity contribution in [3.8, 4) is 23.0 Å². The van der Waals surface area contributed by atoms with Gasteiger partial charge in [-0.15, -0.1) is 0 Å². The van der Waals surface area contributed by atoms with Crippen LogP contribution in [0.4, 0.5) is 5.69 Å². The van der Waals surface area contributed by atoms with Gasteiger partial charge in [-0.3, -0.25) is 4.79 Å². The molecule has 6 nitrogen and oxygen atoms in total. The number of amides is 1. The maximum absolute atomic E-state index is 13.1. The lowest BCUT2D eigenvalue weighted by molar-refractivity contribution is -0.134. The van der Waals surface area contributed by atoms with Gasteiger partial charge in [-0.25, -0.2) is 4.98 Å². The lowest BCUT2D eigenvalue weighted by atomic mass is 10.2. The average Bonchev–Trinajstić information content (AvgIpc) is 3.28. The maximum atomic E-state index is 13.1. The zero-order chi connectivity index (χ0) is 23.3. The maximum Gasteiger partial charge on any atom is 0.321 e. The highest BCUT2D eigenvalue weighted by atomic mass is 79.9. The van der Waals surface area contributed by atoms with E-state index in [9.17, 15) is 4.79 Å². The van der Waals surface area contributed by atoms with E-state index in [1.807, 2.05) is 60.7 Å². The highest BCUT2D eigenvalue weighted by molar-refractivity contribution is 9.10. The Kier molecular flexibility index (Phi) is 6.27. The molecule has 7 heteroatoms. The number of carbonyl (C=O) groups excluding carboxylic acids is 1. The van der Waals surface area contributed by atoms with Crippen LogP contribution in [0.1, 0.15) is 0 Å². The van der Waals surface area contributed by atoms with Crippen LogP contribution < -0.4 is 14.8 Å². The van der Waals surface area contributed by atoms with Gasteiger partial charge in [-0.1, -0.05) is 48.5 Å². The molecule has 0 saturated carbocycles. The fourth-order valence-electron chi connectivity index (χ4n) is 3.33. The number of rotatable bonds is 7. The van der Waals surface area contributed by atoms with E-state index in [0.717, 1.165) is 10.0 Å². The van der Waals surface area contributed by atoms with Crippen molar-refractivity contribution >= 4 is 38.6 Å². The third-order valence-electron chi connectivity index (χ3n) is 4.95. The van der Waals surface area contributed by atoms with E-state index in [-0.39, 0.29) is 0 Å². The lowest BCUT2D eigenvalue weighted by Crippen LogP contribution is -2.38. The Morgan fingerprint density at radius 1 is 0.824 bits per heavy atom. The van der Waals surface area contributed by atoms with E-state index >= 15 is 0 Å². The molecule has 4 aromatic carbocycles. The number of benzene rings is 4. The smallest absolute Gasteiger partial charge is 0.321 e. The first-order valence-corrected chi connectivity index (χ1v) is 11.3. The number of halogens is 1. The third-order valence-corrected chi connectivity index (χ3v) is 5.64. The molecule has 1 aromatic heterocycles. The van der Waals surface area contributed by atoms with Crippen LogP contribution in [0.15, 0.2) is 112 Å². The van der Waals surface area contributed by atoms with Crippen molar-refractivity contribution in [2.75, 3.05) is 5.32 Å². The van der Waals surface area contributed by atoms with Gasteiger partial charge < -0.3 is 19.2 Å². The molecule has 1 heterocycles. The highest BCUT2D eigenvalue weighted by Crippen LogP contribution is 2.31. The zero-order valence-corrected chi connectivity index (χ0v) is 19.4. The van der Waals surface area contributed by atoms with Crippen molar-refractivity contribution in [3.63, 3.8) is 0 Å². The van der Waals surface area contributed by atoms with Crippen molar-refractivity contribution in [1.82, 2.24) is 4.98 Å². The van der Waals surface area contributed by atoms with E-state index < -0.39 is 12.2 Å². The van der Waals surface area contributed by atoms with Crippen LogP contribution >= 0.6 is 15.9 Å². The van der Waals surface area contributed by atoms with E-state index in [0.29, 0.717) is 34.2 Å². The molecule has 5 aromatic rings. The van der Waals surface area contributed by atoms with Crippen LogP contribution in [0.5, 0.6) is 11.5 Å². The van der Waals surface area contributed by atoms with Crippen LogP contribution in [0.2, 0.25) is 0 Å². The Labute approximate surface area is 204 Å². The molecule has 0 bridgehead atoms. The van der Waals surface area contributed by atoms with E-state index in [1.165, 1.54) is 0 Å². The first-order chi connectivity index (χ1) is 16.7. The van der Waals surface area contributed by atoms with Crippen LogP contribution in [-0.4, -0.2) is 17.2 Å². The summed E-state index contributed by atoms with van der Waals surface area (Å²) in [7, 11) is 0. The predicted octanol–water partition coefficient (Wildman–Crippen LogP) is 6.68. The minimum atomic E-state index is -1.20. The number of carbonyl (C=O) groups is 1. The first-order valence-electron chi connectivity index (χ1n) is 10.6. The Morgan fingerprint density at radius 3 is 2.09 bits per heavy atom. The van der Waals surface area contributed by atoms with Gasteiger partial charge in [0.05, 0.1) is 5.56 Å². The quantitative estimate of drug-likeness (QED) is 0.245. The molecule has 0 saturated heterocycles. The van der Waals surface area contributed by atoms with Crippen molar-refractivity contribution in [2.45, 2.75) is 6.29 Å². The summed E-state index contributed by atoms with van der Waals surface area (Å²) in [5.74, 6) is 1.07. The summed E-state index contributed by atoms with van der Waals surface area (Å²) in [6.45, 7) is 0. The summed E-state index contributed by atoms with van der Waals surface area (Å²) < 4.78 is 18.5. The van der Waals surface area contributed by atoms with Crippen LogP contribution in [-0.2, 0) is 4.79 Å². The molecular weight excluding hydrogens is 496 g/mol. The SMILES string of the molecule is O=C(Nc1ccc2oc(-c3ccccc3Br)nc2c1)C(Oc1ccccc1)Oc1ccccc1. The largest absolute Gasteiger partial charge is 0.446 e. The molecule has 34 heavy (non-hydrogen) atoms. The fraction of sp³-hybridized carbons (Fsp3) is 0.0370. The normalized spacial score (nSPS) is 10.9. The summed E-state index contributed by atoms with van der Waals surface area (Å²) in [6.07, 6.45) is -1.20. The van der Waals surface area contributed by atoms with Gasteiger partial charge >= 0.3 is 12.2 Å². The van der Waals surface area contributed by atoms with E-state index in [1.54, 1.807) is 42.5 Å². The molecule has 5 rings (SSSR count). The molecule has 0 fully saturated rings. The van der Waals surface area contributed by atoms with Gasteiger partial charge in [0, 0.05) is 10.2 Å². The number of nitrogens with zero attached hydrogens (tertiary/aromatic N) is 1. The summed E-state index contributed by atoms with van der Waals surface area (Å²) in [6, 6.07) is 31.1. The zero-order valence-electron chi connectivity index (χ0n) is 17.9. The topological polar surface area (TPSA) is 73.6 Å². The van der Waals surface area contributed by atoms with Gasteiger partial charge in [0.1, 0.15) is 17.0 Å². The van der Waals surface area contributed by atoms with Crippen molar-refractivity contribution < 1.29 is 18.7 Å². The third kappa shape index (κ3) is 4.94. The molecular formula is C27H19BrN2O4. The summed E-state index contributed by atoms with van der Waals surface area (Å²) >= 11 is 3.52. The number of ether oxygens (including phenoxy) is 2. The number of aromatic nitrogens is 1. The second-order valence-electron chi connectivity index (χ2n) is 7.36. The van der Waals surface area contributed by atoms with Gasteiger partial charge in [0.25, 0.3) is 0 Å². The Bertz CT molecular complexity index is 1380. The average molecular weight is 515 g/mol. The fourth-order valence-corrected chi connectivity index (χ4v) is 3.79. The molecule has 0 unspecified atom stereocenters. The van der Waals surface area contributed by atoms with Crippen LogP contribution in [0.3, 0.4) is 0 Å². The molecule has 1 amide bonds. The molecule has 0 aliphatic heterocycles. The number of oxazole rings is 1. The summed E-state index contributed by atoms with van der Waals surface area (Å²) in [5.41, 5.74) is 2.62. The first kappa shape index (κ1) is 21.7. The Morgan fingerprint density at radius 2 is 1.44 bits per heavy atom. The van der Waals surface area contributed by atoms with E-state index in [2.05, 4.69) is 26.2 Å². The number of hydrogen-bond acceptors (Lipinski definition) is 5. The van der Waals surface area contributed by atoms with E-state index in [4.69, 9.17) is 13.9 Å². The van der Waals surface area contributed by atoms with Gasteiger partial charge in [0.15, 0.2) is 5.58 Å². The second kappa shape index (κ2) is 9.80.